The standard InChI is InChI=1S/C47H45NS.C4H6/c1-9-32(2)43-31-39(24-17-33(43)3)48(37-25-18-34(19-26-37)35-22-29-40(30-23-35)49(6,7)8)38-27-20-36(21-28-38)41-14-12-16-45-46(41)42-13-10-11-15-44(42)47(45,4)5;1-3-4-2/h9-31H,1-2H2,3-8H3;3-4H,1-2H2. The summed E-state index contributed by atoms with van der Waals surface area (Å²) in [5.74, 6) is 0. The molecule has 6 aromatic carbocycles. The summed E-state index contributed by atoms with van der Waals surface area (Å²) >= 11 is 0. The molecule has 0 aromatic heterocycles. The van der Waals surface area contributed by atoms with Crippen LogP contribution in [0, 0.1) is 6.92 Å². The number of allylic oxidation sites excluding steroid dienone is 4. The summed E-state index contributed by atoms with van der Waals surface area (Å²) in [6.07, 6.45) is 12.1. The third-order valence-corrected chi connectivity index (χ3v) is 12.0. The van der Waals surface area contributed by atoms with E-state index in [0.717, 1.165) is 28.2 Å². The van der Waals surface area contributed by atoms with E-state index in [4.69, 9.17) is 0 Å². The van der Waals surface area contributed by atoms with E-state index in [-0.39, 0.29) is 5.41 Å². The number of aryl methyl sites for hydroxylation is 1. The molecule has 0 N–H and O–H groups in total. The maximum atomic E-state index is 4.28. The lowest BCUT2D eigenvalue weighted by Gasteiger charge is -2.27. The SMILES string of the molecule is C=CC(=C)c1cc(N(c2ccc(-c3ccc(S(C)(C)C)cc3)cc2)c2ccc(-c3cccc4c3-c3ccccc3C4(C)C)cc2)ccc1C.C=CC=C. The summed E-state index contributed by atoms with van der Waals surface area (Å²) in [5, 5.41) is 0. The Kier molecular flexibility index (Phi) is 10.7. The first-order valence-electron chi connectivity index (χ1n) is 18.1. The summed E-state index contributed by atoms with van der Waals surface area (Å²) < 4.78 is 0. The minimum absolute atomic E-state index is 0.0287. The molecule has 0 spiro atoms. The number of fused-ring (bicyclic) bond motifs is 3. The van der Waals surface area contributed by atoms with E-state index in [1.807, 2.05) is 6.08 Å². The van der Waals surface area contributed by atoms with Gasteiger partial charge in [0.1, 0.15) is 0 Å². The molecule has 0 amide bonds. The van der Waals surface area contributed by atoms with Gasteiger partial charge in [-0.1, -0.05) is 143 Å². The zero-order valence-corrected chi connectivity index (χ0v) is 32.9. The molecule has 0 bridgehead atoms. The molecule has 0 aliphatic heterocycles. The van der Waals surface area contributed by atoms with E-state index in [0.29, 0.717) is 0 Å². The molecular formula is C51H51NS. The summed E-state index contributed by atoms with van der Waals surface area (Å²) in [6, 6.07) is 49.3. The maximum absolute atomic E-state index is 4.28. The topological polar surface area (TPSA) is 3.24 Å². The van der Waals surface area contributed by atoms with E-state index >= 15 is 0 Å². The number of nitrogens with zero attached hydrogens (tertiary/aromatic N) is 1. The van der Waals surface area contributed by atoms with Crippen LogP contribution in [0.1, 0.15) is 36.1 Å². The zero-order chi connectivity index (χ0) is 37.9. The molecule has 2 heteroatoms. The van der Waals surface area contributed by atoms with Crippen LogP contribution in [-0.2, 0) is 5.41 Å². The molecule has 0 heterocycles. The molecule has 7 rings (SSSR count). The van der Waals surface area contributed by atoms with Gasteiger partial charge in [0.05, 0.1) is 0 Å². The highest BCUT2D eigenvalue weighted by molar-refractivity contribution is 8.32. The van der Waals surface area contributed by atoms with Crippen LogP contribution >= 0.6 is 10.0 Å². The first-order valence-corrected chi connectivity index (χ1v) is 20.9. The predicted octanol–water partition coefficient (Wildman–Crippen LogP) is 14.7. The fraction of sp³-hybridized carbons (Fsp3) is 0.137. The van der Waals surface area contributed by atoms with Crippen molar-refractivity contribution in [3.05, 3.63) is 200 Å². The molecule has 1 nitrogen and oxygen atoms in total. The predicted molar refractivity (Wildman–Crippen MR) is 238 cm³/mol. The van der Waals surface area contributed by atoms with E-state index in [9.17, 15) is 0 Å². The lowest BCUT2D eigenvalue weighted by atomic mass is 9.82. The molecule has 53 heavy (non-hydrogen) atoms. The van der Waals surface area contributed by atoms with Crippen molar-refractivity contribution in [2.45, 2.75) is 31.1 Å². The second-order valence-electron chi connectivity index (χ2n) is 14.9. The van der Waals surface area contributed by atoms with Crippen molar-refractivity contribution < 1.29 is 0 Å². The third-order valence-electron chi connectivity index (χ3n) is 10.3. The summed E-state index contributed by atoms with van der Waals surface area (Å²) in [4.78, 5) is 3.76. The van der Waals surface area contributed by atoms with Crippen molar-refractivity contribution in [1.29, 1.82) is 0 Å². The van der Waals surface area contributed by atoms with Crippen molar-refractivity contribution in [3.63, 3.8) is 0 Å². The number of anilines is 3. The minimum Gasteiger partial charge on any atom is -0.310 e. The van der Waals surface area contributed by atoms with Gasteiger partial charge in [-0.2, -0.15) is 0 Å². The van der Waals surface area contributed by atoms with Crippen LogP contribution in [0.5, 0.6) is 0 Å². The largest absolute Gasteiger partial charge is 0.310 e. The lowest BCUT2D eigenvalue weighted by Crippen LogP contribution is -2.14. The van der Waals surface area contributed by atoms with Crippen LogP contribution in [0.4, 0.5) is 17.1 Å². The van der Waals surface area contributed by atoms with Crippen molar-refractivity contribution in [1.82, 2.24) is 0 Å². The van der Waals surface area contributed by atoms with Crippen LogP contribution in [-0.4, -0.2) is 18.8 Å². The Morgan fingerprint density at radius 2 is 1.09 bits per heavy atom. The Hall–Kier alpha value is -5.57. The van der Waals surface area contributed by atoms with Gasteiger partial charge < -0.3 is 4.90 Å². The molecule has 0 unspecified atom stereocenters. The molecule has 1 aliphatic rings. The van der Waals surface area contributed by atoms with Gasteiger partial charge in [-0.3, -0.25) is 0 Å². The van der Waals surface area contributed by atoms with Gasteiger partial charge in [-0.05, 0) is 140 Å². The zero-order valence-electron chi connectivity index (χ0n) is 32.1. The van der Waals surface area contributed by atoms with Crippen molar-refractivity contribution >= 4 is 32.7 Å². The van der Waals surface area contributed by atoms with Gasteiger partial charge in [0.15, 0.2) is 0 Å². The average Bonchev–Trinajstić information content (AvgIpc) is 3.41. The Morgan fingerprint density at radius 1 is 0.585 bits per heavy atom. The third kappa shape index (κ3) is 7.38. The molecule has 1 aliphatic carbocycles. The Bertz CT molecular complexity index is 2290. The van der Waals surface area contributed by atoms with E-state index in [2.05, 4.69) is 204 Å². The Morgan fingerprint density at radius 3 is 1.66 bits per heavy atom. The molecule has 0 radical (unpaired) electrons. The summed E-state index contributed by atoms with van der Waals surface area (Å²) in [6.45, 7) is 21.8. The molecular weight excluding hydrogens is 659 g/mol. The Balaban J connectivity index is 0.00000114. The van der Waals surface area contributed by atoms with Crippen molar-refractivity contribution in [2.24, 2.45) is 0 Å². The van der Waals surface area contributed by atoms with Gasteiger partial charge >= 0.3 is 0 Å². The van der Waals surface area contributed by atoms with Gasteiger partial charge in [0.2, 0.25) is 0 Å². The fourth-order valence-electron chi connectivity index (χ4n) is 7.30. The van der Waals surface area contributed by atoms with Gasteiger partial charge in [0, 0.05) is 22.5 Å². The normalized spacial score (nSPS) is 12.7. The van der Waals surface area contributed by atoms with Crippen molar-refractivity contribution in [3.8, 4) is 33.4 Å². The average molecular weight is 710 g/mol. The first-order chi connectivity index (χ1) is 25.4. The van der Waals surface area contributed by atoms with Crippen LogP contribution in [0.25, 0.3) is 39.0 Å². The Labute approximate surface area is 319 Å². The molecule has 0 saturated carbocycles. The van der Waals surface area contributed by atoms with E-state index in [1.165, 1.54) is 55.0 Å². The highest BCUT2D eigenvalue weighted by atomic mass is 32.3. The maximum Gasteiger partial charge on any atom is 0.0467 e. The van der Waals surface area contributed by atoms with Crippen LogP contribution in [0.2, 0.25) is 0 Å². The monoisotopic (exact) mass is 709 g/mol. The number of hydrogen-bond donors (Lipinski definition) is 0. The van der Waals surface area contributed by atoms with E-state index in [1.54, 1.807) is 12.2 Å². The number of benzene rings is 6. The highest BCUT2D eigenvalue weighted by Gasteiger charge is 2.36. The fourth-order valence-corrected chi connectivity index (χ4v) is 8.25. The van der Waals surface area contributed by atoms with Gasteiger partial charge in [-0.15, -0.1) is 0 Å². The second-order valence-corrected chi connectivity index (χ2v) is 19.0. The smallest absolute Gasteiger partial charge is 0.0467 e. The van der Waals surface area contributed by atoms with Crippen molar-refractivity contribution in [2.75, 3.05) is 23.7 Å². The molecule has 0 fully saturated rings. The molecule has 6 aromatic rings. The number of rotatable bonds is 9. The quantitative estimate of drug-likeness (QED) is 0.135. The van der Waals surface area contributed by atoms with Gasteiger partial charge in [-0.25, -0.2) is 10.0 Å². The highest BCUT2D eigenvalue weighted by Crippen LogP contribution is 2.52. The lowest BCUT2D eigenvalue weighted by molar-refractivity contribution is 0.660. The summed E-state index contributed by atoms with van der Waals surface area (Å²) in [7, 11) is -0.757. The molecule has 0 saturated heterocycles. The van der Waals surface area contributed by atoms with Crippen LogP contribution < -0.4 is 4.90 Å². The summed E-state index contributed by atoms with van der Waals surface area (Å²) in [5.41, 5.74) is 16.9. The molecule has 0 atom stereocenters. The minimum atomic E-state index is -0.757. The van der Waals surface area contributed by atoms with E-state index < -0.39 is 10.0 Å². The van der Waals surface area contributed by atoms with Crippen LogP contribution in [0.15, 0.2) is 183 Å². The first kappa shape index (κ1) is 37.2. The van der Waals surface area contributed by atoms with Gasteiger partial charge in [0.25, 0.3) is 0 Å². The molecule has 266 valence electrons. The second kappa shape index (κ2) is 15.2. The number of hydrogen-bond acceptors (Lipinski definition) is 1. The van der Waals surface area contributed by atoms with Crippen LogP contribution in [0.3, 0.4) is 0 Å².